The molecule has 1 aromatic carbocycles. The van der Waals surface area contributed by atoms with E-state index in [1.54, 1.807) is 7.11 Å². The number of carbonyl (C=O) groups is 1. The summed E-state index contributed by atoms with van der Waals surface area (Å²) in [5.74, 6) is 0.875. The number of rotatable bonds is 2. The molecule has 1 saturated heterocycles. The predicted octanol–water partition coefficient (Wildman–Crippen LogP) is 1.69. The number of methoxy groups -OCH3 is 1. The smallest absolute Gasteiger partial charge is 0.227 e. The summed E-state index contributed by atoms with van der Waals surface area (Å²) in [5, 5.41) is 2.89. The number of piperidine rings is 1. The van der Waals surface area contributed by atoms with E-state index in [0.29, 0.717) is 0 Å². The van der Waals surface area contributed by atoms with Gasteiger partial charge in [-0.2, -0.15) is 0 Å². The highest BCUT2D eigenvalue weighted by Crippen LogP contribution is 2.31. The minimum Gasteiger partial charge on any atom is -0.496 e. The highest BCUT2D eigenvalue weighted by Gasteiger charge is 2.25. The first-order valence-corrected chi connectivity index (χ1v) is 5.23. The van der Waals surface area contributed by atoms with Crippen LogP contribution in [0, 0.1) is 0 Å². The van der Waals surface area contributed by atoms with Crippen molar-refractivity contribution < 1.29 is 9.53 Å². The largest absolute Gasteiger partial charge is 0.496 e. The third kappa shape index (κ3) is 1.96. The van der Waals surface area contributed by atoms with Crippen molar-refractivity contribution in [2.24, 2.45) is 0 Å². The summed E-state index contributed by atoms with van der Waals surface area (Å²) in [5.41, 5.74) is 0.997. The Bertz CT molecular complexity index is 362. The minimum absolute atomic E-state index is 0.0464. The summed E-state index contributed by atoms with van der Waals surface area (Å²) >= 11 is 0. The number of hydrogen-bond donors (Lipinski definition) is 1. The maximum absolute atomic E-state index is 11.7. The minimum atomic E-state index is -0.0464. The van der Waals surface area contributed by atoms with Crippen LogP contribution in [-0.4, -0.2) is 19.6 Å². The van der Waals surface area contributed by atoms with Gasteiger partial charge < -0.3 is 10.1 Å². The van der Waals surface area contributed by atoms with E-state index < -0.39 is 0 Å². The molecule has 1 aromatic rings. The van der Waals surface area contributed by atoms with E-state index in [4.69, 9.17) is 4.74 Å². The Morgan fingerprint density at radius 1 is 1.40 bits per heavy atom. The first kappa shape index (κ1) is 10.0. The van der Waals surface area contributed by atoms with E-state index in [1.165, 1.54) is 0 Å². The molecule has 0 bridgehead atoms. The van der Waals surface area contributed by atoms with Gasteiger partial charge in [0.1, 0.15) is 5.75 Å². The second kappa shape index (κ2) is 4.34. The summed E-state index contributed by atoms with van der Waals surface area (Å²) in [6.07, 6.45) is 1.95. The van der Waals surface area contributed by atoms with Crippen LogP contribution in [0.4, 0.5) is 0 Å². The molecule has 0 unspecified atom stereocenters. The van der Waals surface area contributed by atoms with Crippen molar-refractivity contribution in [2.45, 2.75) is 18.8 Å². The molecule has 0 saturated carbocycles. The lowest BCUT2D eigenvalue weighted by Gasteiger charge is -2.23. The Morgan fingerprint density at radius 3 is 2.93 bits per heavy atom. The zero-order chi connectivity index (χ0) is 10.7. The van der Waals surface area contributed by atoms with Crippen molar-refractivity contribution in [1.29, 1.82) is 0 Å². The standard InChI is InChI=1S/C12H15NO2/c1-15-11-7-3-2-5-9(11)10-6-4-8-13-12(10)14/h2-3,5,7,10H,4,6,8H2,1H3,(H,13,14)/t10-/m1/s1. The van der Waals surface area contributed by atoms with Crippen LogP contribution in [0.15, 0.2) is 24.3 Å². The Labute approximate surface area is 89.4 Å². The highest BCUT2D eigenvalue weighted by molar-refractivity contribution is 5.85. The molecule has 3 heteroatoms. The molecule has 1 N–H and O–H groups in total. The van der Waals surface area contributed by atoms with Crippen molar-refractivity contribution in [3.05, 3.63) is 29.8 Å². The molecule has 1 aliphatic rings. The van der Waals surface area contributed by atoms with Gasteiger partial charge in [-0.1, -0.05) is 18.2 Å². The van der Waals surface area contributed by atoms with E-state index in [1.807, 2.05) is 24.3 Å². The molecule has 0 aliphatic carbocycles. The monoisotopic (exact) mass is 205 g/mol. The van der Waals surface area contributed by atoms with Crippen molar-refractivity contribution in [3.63, 3.8) is 0 Å². The molecule has 80 valence electrons. The molecule has 0 spiro atoms. The van der Waals surface area contributed by atoms with Gasteiger partial charge in [0.05, 0.1) is 13.0 Å². The first-order valence-electron chi connectivity index (χ1n) is 5.23. The Hall–Kier alpha value is -1.51. The summed E-state index contributed by atoms with van der Waals surface area (Å²) in [7, 11) is 1.64. The number of carbonyl (C=O) groups excluding carboxylic acids is 1. The fourth-order valence-corrected chi connectivity index (χ4v) is 2.02. The Morgan fingerprint density at radius 2 is 2.20 bits per heavy atom. The van der Waals surface area contributed by atoms with Gasteiger partial charge in [-0.05, 0) is 18.9 Å². The molecule has 3 nitrogen and oxygen atoms in total. The second-order valence-corrected chi connectivity index (χ2v) is 3.73. The van der Waals surface area contributed by atoms with Crippen LogP contribution in [0.25, 0.3) is 0 Å². The highest BCUT2D eigenvalue weighted by atomic mass is 16.5. The number of benzene rings is 1. The lowest BCUT2D eigenvalue weighted by atomic mass is 9.90. The zero-order valence-corrected chi connectivity index (χ0v) is 8.82. The number of para-hydroxylation sites is 1. The van der Waals surface area contributed by atoms with Gasteiger partial charge in [-0.3, -0.25) is 4.79 Å². The number of nitrogens with one attached hydrogen (secondary N) is 1. The van der Waals surface area contributed by atoms with Gasteiger partial charge in [0, 0.05) is 12.1 Å². The average Bonchev–Trinajstić information content (AvgIpc) is 2.30. The van der Waals surface area contributed by atoms with Gasteiger partial charge in [-0.15, -0.1) is 0 Å². The van der Waals surface area contributed by atoms with Crippen molar-refractivity contribution in [2.75, 3.05) is 13.7 Å². The first-order chi connectivity index (χ1) is 7.33. The van der Waals surface area contributed by atoms with Crippen LogP contribution in [0.5, 0.6) is 5.75 Å². The maximum Gasteiger partial charge on any atom is 0.227 e. The molecule has 2 rings (SSSR count). The lowest BCUT2D eigenvalue weighted by molar-refractivity contribution is -0.123. The molecule has 0 aromatic heterocycles. The summed E-state index contributed by atoms with van der Waals surface area (Å²) < 4.78 is 5.27. The van der Waals surface area contributed by atoms with E-state index >= 15 is 0 Å². The van der Waals surface area contributed by atoms with Crippen LogP contribution < -0.4 is 10.1 Å². The van der Waals surface area contributed by atoms with E-state index in [0.717, 1.165) is 30.7 Å². The van der Waals surface area contributed by atoms with E-state index in [9.17, 15) is 4.79 Å². The SMILES string of the molecule is COc1ccccc1[C@H]1CCCNC1=O. The van der Waals surface area contributed by atoms with E-state index in [2.05, 4.69) is 5.32 Å². The topological polar surface area (TPSA) is 38.3 Å². The molecule has 15 heavy (non-hydrogen) atoms. The molecule has 1 fully saturated rings. The quantitative estimate of drug-likeness (QED) is 0.797. The van der Waals surface area contributed by atoms with Crippen LogP contribution in [-0.2, 0) is 4.79 Å². The Kier molecular flexibility index (Phi) is 2.90. The van der Waals surface area contributed by atoms with Crippen molar-refractivity contribution in [1.82, 2.24) is 5.32 Å². The summed E-state index contributed by atoms with van der Waals surface area (Å²) in [4.78, 5) is 11.7. The van der Waals surface area contributed by atoms with E-state index in [-0.39, 0.29) is 11.8 Å². The van der Waals surface area contributed by atoms with Gasteiger partial charge in [0.2, 0.25) is 5.91 Å². The second-order valence-electron chi connectivity index (χ2n) is 3.73. The number of ether oxygens (including phenoxy) is 1. The third-order valence-corrected chi connectivity index (χ3v) is 2.80. The zero-order valence-electron chi connectivity index (χ0n) is 8.82. The van der Waals surface area contributed by atoms with Crippen molar-refractivity contribution >= 4 is 5.91 Å². The van der Waals surface area contributed by atoms with Gasteiger partial charge in [-0.25, -0.2) is 0 Å². The third-order valence-electron chi connectivity index (χ3n) is 2.80. The fraction of sp³-hybridized carbons (Fsp3) is 0.417. The predicted molar refractivity (Wildman–Crippen MR) is 58.0 cm³/mol. The molecule has 1 amide bonds. The molecule has 1 heterocycles. The number of hydrogen-bond acceptors (Lipinski definition) is 2. The van der Waals surface area contributed by atoms with Crippen LogP contribution in [0.2, 0.25) is 0 Å². The molecule has 1 aliphatic heterocycles. The van der Waals surface area contributed by atoms with Crippen LogP contribution in [0.3, 0.4) is 0 Å². The molecular formula is C12H15NO2. The average molecular weight is 205 g/mol. The summed E-state index contributed by atoms with van der Waals surface area (Å²) in [6.45, 7) is 0.796. The van der Waals surface area contributed by atoms with Gasteiger partial charge >= 0.3 is 0 Å². The fourth-order valence-electron chi connectivity index (χ4n) is 2.02. The maximum atomic E-state index is 11.7. The van der Waals surface area contributed by atoms with Crippen molar-refractivity contribution in [3.8, 4) is 5.75 Å². The molecular weight excluding hydrogens is 190 g/mol. The lowest BCUT2D eigenvalue weighted by Crippen LogP contribution is -2.35. The van der Waals surface area contributed by atoms with Crippen LogP contribution >= 0.6 is 0 Å². The van der Waals surface area contributed by atoms with Gasteiger partial charge in [0.15, 0.2) is 0 Å². The molecule has 1 atom stereocenters. The number of amides is 1. The normalized spacial score (nSPS) is 20.9. The Balaban J connectivity index is 2.30. The molecule has 0 radical (unpaired) electrons. The summed E-state index contributed by atoms with van der Waals surface area (Å²) in [6, 6.07) is 7.73. The van der Waals surface area contributed by atoms with Crippen LogP contribution in [0.1, 0.15) is 24.3 Å². The van der Waals surface area contributed by atoms with Gasteiger partial charge in [0.25, 0.3) is 0 Å².